The van der Waals surface area contributed by atoms with Crippen molar-refractivity contribution in [3.63, 3.8) is 0 Å². The first-order valence-corrected chi connectivity index (χ1v) is 9.68. The molecule has 2 aromatic carbocycles. The van der Waals surface area contributed by atoms with Gasteiger partial charge in [0.25, 0.3) is 0 Å². The van der Waals surface area contributed by atoms with Crippen LogP contribution in [0.25, 0.3) is 0 Å². The molecule has 0 unspecified atom stereocenters. The second-order valence-corrected chi connectivity index (χ2v) is 8.18. The van der Waals surface area contributed by atoms with Crippen LogP contribution in [0.2, 0.25) is 5.02 Å². The molecule has 1 saturated heterocycles. The molecule has 5 nitrogen and oxygen atoms in total. The monoisotopic (exact) mass is 382 g/mol. The van der Waals surface area contributed by atoms with Crippen molar-refractivity contribution in [2.24, 2.45) is 0 Å². The zero-order chi connectivity index (χ0) is 18.0. The van der Waals surface area contributed by atoms with Crippen LogP contribution in [-0.2, 0) is 21.2 Å². The summed E-state index contributed by atoms with van der Waals surface area (Å²) in [5.41, 5.74) is 1.47. The molecule has 1 N–H and O–H groups in total. The summed E-state index contributed by atoms with van der Waals surface area (Å²) < 4.78 is 38.3. The maximum Gasteiger partial charge on any atom is 0.235 e. The Morgan fingerprint density at radius 1 is 1.20 bits per heavy atom. The van der Waals surface area contributed by atoms with Gasteiger partial charge in [0, 0.05) is 6.54 Å². The lowest BCUT2D eigenvalue weighted by Gasteiger charge is -2.18. The van der Waals surface area contributed by atoms with Crippen LogP contribution in [0.1, 0.15) is 12.0 Å². The quantitative estimate of drug-likeness (QED) is 0.883. The second kappa shape index (κ2) is 7.01. The van der Waals surface area contributed by atoms with Gasteiger partial charge in [-0.25, -0.2) is 12.8 Å². The average Bonchev–Trinajstić information content (AvgIpc) is 2.91. The van der Waals surface area contributed by atoms with E-state index in [1.807, 2.05) is 0 Å². The van der Waals surface area contributed by atoms with Gasteiger partial charge < -0.3 is 5.32 Å². The van der Waals surface area contributed by atoms with Gasteiger partial charge in [-0.05, 0) is 42.3 Å². The van der Waals surface area contributed by atoms with Crippen molar-refractivity contribution in [3.05, 3.63) is 58.9 Å². The van der Waals surface area contributed by atoms with Crippen LogP contribution in [0, 0.1) is 5.82 Å². The standard InChI is InChI=1S/C17H16ClFN2O3S/c18-15-7-6-14(21-8-1-9-25(21,23)24)11-16(15)20-17(22)10-12-2-4-13(19)5-3-12/h2-7,11H,1,8-10H2,(H,20,22). The normalized spacial score (nSPS) is 16.0. The number of hydrogen-bond donors (Lipinski definition) is 1. The number of hydrogen-bond acceptors (Lipinski definition) is 3. The van der Waals surface area contributed by atoms with Crippen molar-refractivity contribution >= 4 is 38.9 Å². The number of halogens is 2. The predicted molar refractivity (Wildman–Crippen MR) is 95.9 cm³/mol. The summed E-state index contributed by atoms with van der Waals surface area (Å²) in [5, 5.41) is 2.99. The number of nitrogens with zero attached hydrogens (tertiary/aromatic N) is 1. The molecule has 1 aliphatic heterocycles. The Morgan fingerprint density at radius 3 is 2.56 bits per heavy atom. The number of amides is 1. The van der Waals surface area contributed by atoms with Gasteiger partial charge in [0.2, 0.25) is 15.9 Å². The van der Waals surface area contributed by atoms with Gasteiger partial charge in [-0.2, -0.15) is 0 Å². The van der Waals surface area contributed by atoms with E-state index in [1.54, 1.807) is 18.2 Å². The highest BCUT2D eigenvalue weighted by Gasteiger charge is 2.28. The smallest absolute Gasteiger partial charge is 0.235 e. The third-order valence-corrected chi connectivity index (χ3v) is 6.09. The fourth-order valence-corrected chi connectivity index (χ4v) is 4.40. The Morgan fingerprint density at radius 2 is 1.92 bits per heavy atom. The molecule has 0 spiro atoms. The van der Waals surface area contributed by atoms with Gasteiger partial charge in [-0.1, -0.05) is 23.7 Å². The van der Waals surface area contributed by atoms with E-state index >= 15 is 0 Å². The lowest BCUT2D eigenvalue weighted by Crippen LogP contribution is -2.25. The minimum absolute atomic E-state index is 0.0584. The summed E-state index contributed by atoms with van der Waals surface area (Å²) in [4.78, 5) is 12.2. The second-order valence-electron chi connectivity index (χ2n) is 5.76. The molecular formula is C17H16ClFN2O3S. The fraction of sp³-hybridized carbons (Fsp3) is 0.235. The molecule has 1 amide bonds. The zero-order valence-corrected chi connectivity index (χ0v) is 14.8. The maximum absolute atomic E-state index is 12.9. The molecule has 0 radical (unpaired) electrons. The van der Waals surface area contributed by atoms with E-state index in [0.29, 0.717) is 34.9 Å². The lowest BCUT2D eigenvalue weighted by molar-refractivity contribution is -0.115. The number of carbonyl (C=O) groups excluding carboxylic acids is 1. The van der Waals surface area contributed by atoms with E-state index in [4.69, 9.17) is 11.6 Å². The Labute approximate surface area is 150 Å². The molecule has 1 heterocycles. The first kappa shape index (κ1) is 17.7. The fourth-order valence-electron chi connectivity index (χ4n) is 2.68. The van der Waals surface area contributed by atoms with Gasteiger partial charge >= 0.3 is 0 Å². The molecule has 132 valence electrons. The number of rotatable bonds is 4. The van der Waals surface area contributed by atoms with Crippen molar-refractivity contribution in [1.29, 1.82) is 0 Å². The molecule has 3 rings (SSSR count). The van der Waals surface area contributed by atoms with E-state index in [-0.39, 0.29) is 23.9 Å². The van der Waals surface area contributed by atoms with Crippen LogP contribution >= 0.6 is 11.6 Å². The van der Waals surface area contributed by atoms with E-state index in [9.17, 15) is 17.6 Å². The number of anilines is 2. The molecule has 0 atom stereocenters. The molecule has 2 aromatic rings. The Kier molecular flexibility index (Phi) is 4.96. The average molecular weight is 383 g/mol. The Bertz CT molecular complexity index is 901. The summed E-state index contributed by atoms with van der Waals surface area (Å²) >= 11 is 6.11. The van der Waals surface area contributed by atoms with E-state index in [2.05, 4.69) is 5.32 Å². The highest BCUT2D eigenvalue weighted by atomic mass is 35.5. The van der Waals surface area contributed by atoms with Crippen LogP contribution in [-0.4, -0.2) is 26.6 Å². The van der Waals surface area contributed by atoms with E-state index < -0.39 is 10.0 Å². The van der Waals surface area contributed by atoms with E-state index in [0.717, 1.165) is 0 Å². The number of nitrogens with one attached hydrogen (secondary N) is 1. The molecular weight excluding hydrogens is 367 g/mol. The van der Waals surface area contributed by atoms with Crippen LogP contribution in [0.5, 0.6) is 0 Å². The van der Waals surface area contributed by atoms with Crippen LogP contribution in [0.4, 0.5) is 15.8 Å². The summed E-state index contributed by atoms with van der Waals surface area (Å²) in [5.74, 6) is -0.580. The van der Waals surface area contributed by atoms with Gasteiger partial charge in [0.15, 0.2) is 0 Å². The van der Waals surface area contributed by atoms with Crippen molar-refractivity contribution in [2.45, 2.75) is 12.8 Å². The van der Waals surface area contributed by atoms with Crippen LogP contribution in [0.15, 0.2) is 42.5 Å². The molecule has 1 aliphatic rings. The third kappa shape index (κ3) is 4.11. The maximum atomic E-state index is 12.9. The van der Waals surface area contributed by atoms with Crippen molar-refractivity contribution in [2.75, 3.05) is 21.9 Å². The molecule has 0 bridgehead atoms. The third-order valence-electron chi connectivity index (χ3n) is 3.89. The molecule has 0 aliphatic carbocycles. The van der Waals surface area contributed by atoms with Gasteiger partial charge in [-0.15, -0.1) is 0 Å². The number of carbonyl (C=O) groups is 1. The number of benzene rings is 2. The summed E-state index contributed by atoms with van der Waals surface area (Å²) in [7, 11) is -3.31. The summed E-state index contributed by atoms with van der Waals surface area (Å²) in [6, 6.07) is 10.4. The first-order chi connectivity index (χ1) is 11.8. The van der Waals surface area contributed by atoms with Crippen molar-refractivity contribution < 1.29 is 17.6 Å². The molecule has 25 heavy (non-hydrogen) atoms. The van der Waals surface area contributed by atoms with Crippen LogP contribution in [0.3, 0.4) is 0 Å². The topological polar surface area (TPSA) is 66.5 Å². The number of sulfonamides is 1. The van der Waals surface area contributed by atoms with E-state index in [1.165, 1.54) is 28.6 Å². The lowest BCUT2D eigenvalue weighted by atomic mass is 10.1. The zero-order valence-electron chi connectivity index (χ0n) is 13.2. The summed E-state index contributed by atoms with van der Waals surface area (Å²) in [6.45, 7) is 0.410. The molecule has 8 heteroatoms. The predicted octanol–water partition coefficient (Wildman–Crippen LogP) is 3.20. The molecule has 0 aromatic heterocycles. The largest absolute Gasteiger partial charge is 0.324 e. The first-order valence-electron chi connectivity index (χ1n) is 7.69. The Balaban J connectivity index is 1.76. The van der Waals surface area contributed by atoms with Gasteiger partial charge in [0.05, 0.1) is 28.6 Å². The molecule has 0 saturated carbocycles. The summed E-state index contributed by atoms with van der Waals surface area (Å²) in [6.07, 6.45) is 0.625. The minimum atomic E-state index is -3.31. The molecule has 1 fully saturated rings. The van der Waals surface area contributed by atoms with Gasteiger partial charge in [-0.3, -0.25) is 9.10 Å². The highest BCUT2D eigenvalue weighted by molar-refractivity contribution is 7.93. The van der Waals surface area contributed by atoms with Gasteiger partial charge in [0.1, 0.15) is 5.82 Å². The van der Waals surface area contributed by atoms with Crippen molar-refractivity contribution in [3.8, 4) is 0 Å². The minimum Gasteiger partial charge on any atom is -0.324 e. The highest BCUT2D eigenvalue weighted by Crippen LogP contribution is 2.31. The van der Waals surface area contributed by atoms with Crippen molar-refractivity contribution in [1.82, 2.24) is 0 Å². The SMILES string of the molecule is O=C(Cc1ccc(F)cc1)Nc1cc(N2CCCS2(=O)=O)ccc1Cl. The van der Waals surface area contributed by atoms with Crippen LogP contribution < -0.4 is 9.62 Å². The Hall–Kier alpha value is -2.12.